The van der Waals surface area contributed by atoms with E-state index in [4.69, 9.17) is 0 Å². The zero-order valence-electron chi connectivity index (χ0n) is 13.3. The lowest BCUT2D eigenvalue weighted by atomic mass is 9.86. The normalized spacial score (nSPS) is 22.4. The Morgan fingerprint density at radius 3 is 2.62 bits per heavy atom. The van der Waals surface area contributed by atoms with Gasteiger partial charge in [0.05, 0.1) is 0 Å². The van der Waals surface area contributed by atoms with E-state index in [-0.39, 0.29) is 11.4 Å². The van der Waals surface area contributed by atoms with Gasteiger partial charge >= 0.3 is 0 Å². The van der Waals surface area contributed by atoms with E-state index in [9.17, 15) is 4.39 Å². The van der Waals surface area contributed by atoms with Crippen molar-refractivity contribution in [2.75, 3.05) is 13.1 Å². The number of hydrogen-bond acceptors (Lipinski definition) is 2. The van der Waals surface area contributed by atoms with Crippen molar-refractivity contribution < 1.29 is 4.39 Å². The van der Waals surface area contributed by atoms with Gasteiger partial charge in [-0.1, -0.05) is 42.8 Å². The van der Waals surface area contributed by atoms with Crippen molar-refractivity contribution in [1.29, 1.82) is 0 Å². The second-order valence-electron chi connectivity index (χ2n) is 6.03. The predicted molar refractivity (Wildman–Crippen MR) is 89.9 cm³/mol. The summed E-state index contributed by atoms with van der Waals surface area (Å²) in [7, 11) is 0. The Kier molecular flexibility index (Phi) is 5.81. The summed E-state index contributed by atoms with van der Waals surface area (Å²) in [5.41, 5.74) is 1.37. The molecule has 1 aromatic rings. The first-order valence-electron chi connectivity index (χ1n) is 7.97. The van der Waals surface area contributed by atoms with E-state index in [1.54, 1.807) is 12.1 Å². The predicted octanol–water partition coefficient (Wildman–Crippen LogP) is 4.33. The third kappa shape index (κ3) is 3.66. The molecule has 0 saturated carbocycles. The lowest BCUT2D eigenvalue weighted by Crippen LogP contribution is -2.63. The van der Waals surface area contributed by atoms with Gasteiger partial charge < -0.3 is 5.32 Å². The first kappa shape index (κ1) is 16.9. The molecule has 0 amide bonds. The summed E-state index contributed by atoms with van der Waals surface area (Å²) in [5.74, 6) is -0.186. The first-order chi connectivity index (χ1) is 10.0. The number of piperazine rings is 1. The molecule has 118 valence electrons. The lowest BCUT2D eigenvalue weighted by molar-refractivity contribution is 0.0236. The van der Waals surface area contributed by atoms with Crippen molar-refractivity contribution in [1.82, 2.24) is 10.2 Å². The molecule has 0 radical (unpaired) electrons. The van der Waals surface area contributed by atoms with E-state index >= 15 is 0 Å². The van der Waals surface area contributed by atoms with Crippen LogP contribution in [0, 0.1) is 5.82 Å². The summed E-state index contributed by atoms with van der Waals surface area (Å²) >= 11 is 3.51. The number of nitrogens with one attached hydrogen (secondary N) is 1. The number of rotatable bonds is 5. The van der Waals surface area contributed by atoms with Crippen LogP contribution in [0.15, 0.2) is 22.7 Å². The molecular formula is C17H26BrFN2. The van der Waals surface area contributed by atoms with Gasteiger partial charge in [-0.3, -0.25) is 4.90 Å². The van der Waals surface area contributed by atoms with Crippen LogP contribution in [0.25, 0.3) is 0 Å². The molecule has 1 fully saturated rings. The maximum Gasteiger partial charge on any atom is 0.124 e. The molecule has 1 aromatic carbocycles. The molecule has 1 saturated heterocycles. The van der Waals surface area contributed by atoms with E-state index in [1.807, 2.05) is 6.07 Å². The molecule has 2 rings (SSSR count). The summed E-state index contributed by atoms with van der Waals surface area (Å²) in [4.78, 5) is 2.59. The summed E-state index contributed by atoms with van der Waals surface area (Å²) < 4.78 is 14.1. The van der Waals surface area contributed by atoms with Gasteiger partial charge in [0.15, 0.2) is 0 Å². The Hall–Kier alpha value is -0.450. The Bertz CT molecular complexity index is 474. The average molecular weight is 357 g/mol. The highest BCUT2D eigenvalue weighted by atomic mass is 79.9. The van der Waals surface area contributed by atoms with E-state index in [2.05, 4.69) is 46.9 Å². The maximum absolute atomic E-state index is 13.3. The largest absolute Gasteiger partial charge is 0.311 e. The standard InChI is InChI=1S/C17H26BrFN2/c1-4-15-11-21(17(5-2,6-3)12-20-15)10-13-7-8-14(19)9-16(13)18/h7-9,15,20H,4-6,10-12H2,1-3H3. The molecule has 0 aliphatic carbocycles. The molecular weight excluding hydrogens is 331 g/mol. The van der Waals surface area contributed by atoms with Crippen LogP contribution >= 0.6 is 15.9 Å². The van der Waals surface area contributed by atoms with Gasteiger partial charge in [-0.05, 0) is 37.0 Å². The Labute approximate surface area is 136 Å². The van der Waals surface area contributed by atoms with Crippen LogP contribution in [0.4, 0.5) is 4.39 Å². The molecule has 4 heteroatoms. The third-order valence-corrected chi connectivity index (χ3v) is 5.75. The second kappa shape index (κ2) is 7.21. The quantitative estimate of drug-likeness (QED) is 0.844. The molecule has 1 N–H and O–H groups in total. The van der Waals surface area contributed by atoms with Crippen LogP contribution in [-0.2, 0) is 6.54 Å². The van der Waals surface area contributed by atoms with Gasteiger partial charge in [0.2, 0.25) is 0 Å². The molecule has 1 heterocycles. The molecule has 1 aliphatic rings. The minimum Gasteiger partial charge on any atom is -0.311 e. The van der Waals surface area contributed by atoms with Crippen LogP contribution in [0.3, 0.4) is 0 Å². The fraction of sp³-hybridized carbons (Fsp3) is 0.647. The summed E-state index contributed by atoms with van der Waals surface area (Å²) in [6.07, 6.45) is 3.40. The Morgan fingerprint density at radius 1 is 1.33 bits per heavy atom. The van der Waals surface area contributed by atoms with Gasteiger partial charge in [0.1, 0.15) is 5.82 Å². The topological polar surface area (TPSA) is 15.3 Å². The Morgan fingerprint density at radius 2 is 2.05 bits per heavy atom. The van der Waals surface area contributed by atoms with Crippen LogP contribution < -0.4 is 5.32 Å². The lowest BCUT2D eigenvalue weighted by Gasteiger charge is -2.50. The smallest absolute Gasteiger partial charge is 0.124 e. The van der Waals surface area contributed by atoms with Crippen LogP contribution in [0.2, 0.25) is 0 Å². The molecule has 0 spiro atoms. The molecule has 2 nitrogen and oxygen atoms in total. The average Bonchev–Trinajstić information content (AvgIpc) is 2.50. The number of hydrogen-bond donors (Lipinski definition) is 1. The zero-order chi connectivity index (χ0) is 15.5. The first-order valence-corrected chi connectivity index (χ1v) is 8.76. The van der Waals surface area contributed by atoms with Gasteiger partial charge in [-0.25, -0.2) is 4.39 Å². The molecule has 0 bridgehead atoms. The number of halogens is 2. The van der Waals surface area contributed by atoms with Crippen LogP contribution in [0.1, 0.15) is 45.6 Å². The van der Waals surface area contributed by atoms with E-state index < -0.39 is 0 Å². The van der Waals surface area contributed by atoms with Crippen molar-refractivity contribution >= 4 is 15.9 Å². The van der Waals surface area contributed by atoms with Gasteiger partial charge in [0, 0.05) is 35.7 Å². The fourth-order valence-electron chi connectivity index (χ4n) is 3.28. The van der Waals surface area contributed by atoms with Gasteiger partial charge in [-0.2, -0.15) is 0 Å². The summed E-state index contributed by atoms with van der Waals surface area (Å²) in [6, 6.07) is 5.57. The van der Waals surface area contributed by atoms with Crippen molar-refractivity contribution in [2.45, 2.75) is 58.2 Å². The van der Waals surface area contributed by atoms with Crippen molar-refractivity contribution in [2.24, 2.45) is 0 Å². The van der Waals surface area contributed by atoms with E-state index in [1.165, 1.54) is 5.56 Å². The molecule has 1 aliphatic heterocycles. The second-order valence-corrected chi connectivity index (χ2v) is 6.89. The van der Waals surface area contributed by atoms with Gasteiger partial charge in [-0.15, -0.1) is 0 Å². The zero-order valence-corrected chi connectivity index (χ0v) is 14.8. The van der Waals surface area contributed by atoms with Crippen molar-refractivity contribution in [3.8, 4) is 0 Å². The molecule has 1 atom stereocenters. The Balaban J connectivity index is 2.23. The summed E-state index contributed by atoms with van der Waals surface area (Å²) in [6.45, 7) is 9.74. The van der Waals surface area contributed by atoms with E-state index in [0.717, 1.165) is 43.4 Å². The van der Waals surface area contributed by atoms with Crippen LogP contribution in [0.5, 0.6) is 0 Å². The van der Waals surface area contributed by atoms with Crippen LogP contribution in [-0.4, -0.2) is 29.6 Å². The SMILES string of the molecule is CCC1CN(Cc2ccc(F)cc2Br)C(CC)(CC)CN1. The number of benzene rings is 1. The highest BCUT2D eigenvalue weighted by molar-refractivity contribution is 9.10. The molecule has 0 aromatic heterocycles. The minimum atomic E-state index is -0.186. The maximum atomic E-state index is 13.3. The highest BCUT2D eigenvalue weighted by Crippen LogP contribution is 2.31. The van der Waals surface area contributed by atoms with Crippen molar-refractivity contribution in [3.05, 3.63) is 34.1 Å². The fourth-order valence-corrected chi connectivity index (χ4v) is 3.76. The monoisotopic (exact) mass is 356 g/mol. The van der Waals surface area contributed by atoms with E-state index in [0.29, 0.717) is 6.04 Å². The summed E-state index contributed by atoms with van der Waals surface area (Å²) in [5, 5.41) is 3.69. The van der Waals surface area contributed by atoms with Gasteiger partial charge in [0.25, 0.3) is 0 Å². The minimum absolute atomic E-state index is 0.186. The molecule has 1 unspecified atom stereocenters. The van der Waals surface area contributed by atoms with Crippen molar-refractivity contribution in [3.63, 3.8) is 0 Å². The number of nitrogens with zero attached hydrogens (tertiary/aromatic N) is 1. The third-order valence-electron chi connectivity index (χ3n) is 5.02. The molecule has 21 heavy (non-hydrogen) atoms. The highest BCUT2D eigenvalue weighted by Gasteiger charge is 2.38.